The standard InChI is InChI=1S/C13H19FN2O/c1-9-4-5-10(14)8-11(9)17-7-6-13(2,3)12(15)16/h4-5,8H,6-7H2,1-3H3,(H3,15,16). The van der Waals surface area contributed by atoms with E-state index in [-0.39, 0.29) is 17.1 Å². The summed E-state index contributed by atoms with van der Waals surface area (Å²) in [5.41, 5.74) is 5.98. The summed E-state index contributed by atoms with van der Waals surface area (Å²) in [6, 6.07) is 4.46. The van der Waals surface area contributed by atoms with Crippen molar-refractivity contribution in [2.45, 2.75) is 27.2 Å². The van der Waals surface area contributed by atoms with Gasteiger partial charge in [0.1, 0.15) is 11.6 Å². The lowest BCUT2D eigenvalue weighted by atomic mass is 9.88. The lowest BCUT2D eigenvalue weighted by Crippen LogP contribution is -2.32. The van der Waals surface area contributed by atoms with Gasteiger partial charge in [-0.1, -0.05) is 19.9 Å². The molecule has 1 aromatic carbocycles. The topological polar surface area (TPSA) is 59.1 Å². The molecule has 94 valence electrons. The molecule has 0 aromatic heterocycles. The summed E-state index contributed by atoms with van der Waals surface area (Å²) in [6.45, 7) is 6.05. The van der Waals surface area contributed by atoms with Crippen LogP contribution in [0.1, 0.15) is 25.8 Å². The van der Waals surface area contributed by atoms with Crippen LogP contribution in [0.3, 0.4) is 0 Å². The van der Waals surface area contributed by atoms with Crippen LogP contribution in [0.5, 0.6) is 5.75 Å². The minimum atomic E-state index is -0.388. The molecule has 0 aliphatic heterocycles. The van der Waals surface area contributed by atoms with Gasteiger partial charge in [-0.3, -0.25) is 5.41 Å². The van der Waals surface area contributed by atoms with Crippen molar-refractivity contribution in [3.63, 3.8) is 0 Å². The summed E-state index contributed by atoms with van der Waals surface area (Å²) < 4.78 is 18.5. The molecular formula is C13H19FN2O. The van der Waals surface area contributed by atoms with Crippen molar-refractivity contribution < 1.29 is 9.13 Å². The van der Waals surface area contributed by atoms with E-state index in [2.05, 4.69) is 0 Å². The van der Waals surface area contributed by atoms with Gasteiger partial charge in [-0.05, 0) is 25.0 Å². The van der Waals surface area contributed by atoms with Gasteiger partial charge >= 0.3 is 0 Å². The second-order valence-corrected chi connectivity index (χ2v) is 4.81. The van der Waals surface area contributed by atoms with E-state index < -0.39 is 0 Å². The lowest BCUT2D eigenvalue weighted by molar-refractivity contribution is 0.266. The van der Waals surface area contributed by atoms with Gasteiger partial charge in [0.25, 0.3) is 0 Å². The van der Waals surface area contributed by atoms with E-state index in [1.807, 2.05) is 20.8 Å². The molecule has 0 aliphatic rings. The van der Waals surface area contributed by atoms with E-state index in [1.54, 1.807) is 6.07 Å². The first-order chi connectivity index (χ1) is 7.83. The largest absolute Gasteiger partial charge is 0.493 e. The Morgan fingerprint density at radius 1 is 1.47 bits per heavy atom. The van der Waals surface area contributed by atoms with E-state index >= 15 is 0 Å². The Hall–Kier alpha value is -1.58. The number of halogens is 1. The molecule has 0 unspecified atom stereocenters. The Morgan fingerprint density at radius 3 is 2.71 bits per heavy atom. The van der Waals surface area contributed by atoms with Crippen LogP contribution in [0.15, 0.2) is 18.2 Å². The SMILES string of the molecule is Cc1ccc(F)cc1OCCC(C)(C)C(=N)N. The molecule has 0 aliphatic carbocycles. The summed E-state index contributed by atoms with van der Waals surface area (Å²) in [7, 11) is 0. The molecule has 3 nitrogen and oxygen atoms in total. The average Bonchev–Trinajstić information content (AvgIpc) is 2.22. The first-order valence-electron chi connectivity index (χ1n) is 5.56. The number of amidine groups is 1. The first kappa shape index (κ1) is 13.5. The average molecular weight is 238 g/mol. The molecule has 0 bridgehead atoms. The predicted molar refractivity (Wildman–Crippen MR) is 66.9 cm³/mol. The second-order valence-electron chi connectivity index (χ2n) is 4.81. The van der Waals surface area contributed by atoms with E-state index in [4.69, 9.17) is 15.9 Å². The normalized spacial score (nSPS) is 11.3. The van der Waals surface area contributed by atoms with E-state index in [0.717, 1.165) is 5.56 Å². The third kappa shape index (κ3) is 3.73. The monoisotopic (exact) mass is 238 g/mol. The van der Waals surface area contributed by atoms with Gasteiger partial charge in [0.2, 0.25) is 0 Å². The van der Waals surface area contributed by atoms with Crippen LogP contribution >= 0.6 is 0 Å². The minimum absolute atomic E-state index is 0.136. The van der Waals surface area contributed by atoms with Crippen molar-refractivity contribution >= 4 is 5.84 Å². The quantitative estimate of drug-likeness (QED) is 0.612. The van der Waals surface area contributed by atoms with Crippen molar-refractivity contribution in [1.29, 1.82) is 5.41 Å². The number of nitrogens with two attached hydrogens (primary N) is 1. The minimum Gasteiger partial charge on any atom is -0.493 e. The van der Waals surface area contributed by atoms with Crippen molar-refractivity contribution in [1.82, 2.24) is 0 Å². The van der Waals surface area contributed by atoms with Crippen molar-refractivity contribution in [3.05, 3.63) is 29.6 Å². The molecule has 3 N–H and O–H groups in total. The van der Waals surface area contributed by atoms with Crippen LogP contribution in [0.2, 0.25) is 0 Å². The number of hydrogen-bond acceptors (Lipinski definition) is 2. The number of nitrogens with one attached hydrogen (secondary N) is 1. The lowest BCUT2D eigenvalue weighted by Gasteiger charge is -2.22. The van der Waals surface area contributed by atoms with Crippen molar-refractivity contribution in [2.75, 3.05) is 6.61 Å². The molecule has 1 rings (SSSR count). The summed E-state index contributed by atoms with van der Waals surface area (Å²) in [5, 5.41) is 7.42. The van der Waals surface area contributed by atoms with Crippen molar-refractivity contribution in [3.8, 4) is 5.75 Å². The Bertz CT molecular complexity index is 416. The highest BCUT2D eigenvalue weighted by Crippen LogP contribution is 2.23. The molecule has 0 saturated carbocycles. The summed E-state index contributed by atoms with van der Waals surface area (Å²) >= 11 is 0. The first-order valence-corrected chi connectivity index (χ1v) is 5.56. The molecule has 0 atom stereocenters. The van der Waals surface area contributed by atoms with Crippen LogP contribution in [0.4, 0.5) is 4.39 Å². The molecule has 0 radical (unpaired) electrons. The maximum atomic E-state index is 13.0. The van der Waals surface area contributed by atoms with Gasteiger partial charge in [-0.2, -0.15) is 0 Å². The Morgan fingerprint density at radius 2 is 2.12 bits per heavy atom. The fraction of sp³-hybridized carbons (Fsp3) is 0.462. The number of aryl methyl sites for hydroxylation is 1. The Balaban J connectivity index is 2.57. The summed E-state index contributed by atoms with van der Waals surface area (Å²) in [5.74, 6) is 0.373. The fourth-order valence-corrected chi connectivity index (χ4v) is 1.28. The maximum absolute atomic E-state index is 13.0. The molecule has 17 heavy (non-hydrogen) atoms. The summed E-state index contributed by atoms with van der Waals surface area (Å²) in [4.78, 5) is 0. The predicted octanol–water partition coefficient (Wildman–Crippen LogP) is 2.87. The van der Waals surface area contributed by atoms with Gasteiger partial charge in [-0.25, -0.2) is 4.39 Å². The zero-order valence-electron chi connectivity index (χ0n) is 10.5. The molecule has 0 spiro atoms. The Labute approximate surface area is 101 Å². The van der Waals surface area contributed by atoms with Gasteiger partial charge in [0, 0.05) is 11.5 Å². The van der Waals surface area contributed by atoms with Crippen LogP contribution < -0.4 is 10.5 Å². The molecule has 0 amide bonds. The number of ether oxygens (including phenoxy) is 1. The van der Waals surface area contributed by atoms with Crippen LogP contribution in [-0.4, -0.2) is 12.4 Å². The number of rotatable bonds is 5. The third-order valence-corrected chi connectivity index (χ3v) is 2.86. The van der Waals surface area contributed by atoms with Crippen LogP contribution in [0.25, 0.3) is 0 Å². The third-order valence-electron chi connectivity index (χ3n) is 2.86. The second kappa shape index (κ2) is 5.17. The van der Waals surface area contributed by atoms with Gasteiger partial charge in [0.15, 0.2) is 0 Å². The van der Waals surface area contributed by atoms with Crippen LogP contribution in [0, 0.1) is 23.6 Å². The number of hydrogen-bond donors (Lipinski definition) is 2. The van der Waals surface area contributed by atoms with E-state index in [9.17, 15) is 4.39 Å². The highest BCUT2D eigenvalue weighted by Gasteiger charge is 2.21. The fourth-order valence-electron chi connectivity index (χ4n) is 1.28. The van der Waals surface area contributed by atoms with Crippen LogP contribution in [-0.2, 0) is 0 Å². The smallest absolute Gasteiger partial charge is 0.126 e. The highest BCUT2D eigenvalue weighted by atomic mass is 19.1. The van der Waals surface area contributed by atoms with Gasteiger partial charge in [0.05, 0.1) is 12.4 Å². The molecular weight excluding hydrogens is 219 g/mol. The molecule has 0 saturated heterocycles. The maximum Gasteiger partial charge on any atom is 0.126 e. The zero-order chi connectivity index (χ0) is 13.1. The molecule has 0 heterocycles. The highest BCUT2D eigenvalue weighted by molar-refractivity contribution is 5.82. The summed E-state index contributed by atoms with van der Waals surface area (Å²) in [6.07, 6.45) is 0.623. The Kier molecular flexibility index (Phi) is 4.10. The van der Waals surface area contributed by atoms with E-state index in [1.165, 1.54) is 12.1 Å². The molecule has 0 fully saturated rings. The van der Waals surface area contributed by atoms with E-state index in [0.29, 0.717) is 18.8 Å². The van der Waals surface area contributed by atoms with Crippen molar-refractivity contribution in [2.24, 2.45) is 11.1 Å². The zero-order valence-corrected chi connectivity index (χ0v) is 10.5. The van der Waals surface area contributed by atoms with Gasteiger partial charge in [-0.15, -0.1) is 0 Å². The molecule has 1 aromatic rings. The van der Waals surface area contributed by atoms with Gasteiger partial charge < -0.3 is 10.5 Å². The molecule has 4 heteroatoms. The number of benzene rings is 1.